The molecule has 2 fully saturated rings. The number of nitrogens with zero attached hydrogens (tertiary/aromatic N) is 1. The van der Waals surface area contributed by atoms with E-state index in [9.17, 15) is 0 Å². The van der Waals surface area contributed by atoms with E-state index in [0.717, 1.165) is 24.3 Å². The number of fused-ring (bicyclic) bond motifs is 4. The molecular formula is C30H36N2S. The first kappa shape index (κ1) is 21.7. The van der Waals surface area contributed by atoms with E-state index in [1.165, 1.54) is 86.5 Å². The third-order valence-corrected chi connectivity index (χ3v) is 9.26. The quantitative estimate of drug-likeness (QED) is 0.519. The van der Waals surface area contributed by atoms with Crippen LogP contribution in [0.4, 0.5) is 0 Å². The van der Waals surface area contributed by atoms with E-state index in [0.29, 0.717) is 0 Å². The summed E-state index contributed by atoms with van der Waals surface area (Å²) >= 11 is 1.78. The second kappa shape index (κ2) is 9.80. The van der Waals surface area contributed by atoms with Crippen LogP contribution in [0.5, 0.6) is 0 Å². The summed E-state index contributed by atoms with van der Waals surface area (Å²) in [6.45, 7) is 3.36. The van der Waals surface area contributed by atoms with E-state index >= 15 is 0 Å². The maximum Gasteiger partial charge on any atom is 0.0542 e. The number of benzene rings is 2. The Labute approximate surface area is 203 Å². The standard InChI is InChI=1S/C27H31N.C3H5NS/c1-2-7-24-23(6-1)25-11-9-21-16-20(18-12-14-28-15-13-18)8-10-22(21)27(25)17-26(24)19-4-3-5-19;1-2-5-3-4-1/h1,6,8-11,16,18-19,26,28H,2-5,7,12-15,17H2;3H,1-2H2. The van der Waals surface area contributed by atoms with Gasteiger partial charge in [0.1, 0.15) is 0 Å². The summed E-state index contributed by atoms with van der Waals surface area (Å²) in [6.07, 6.45) is 15.6. The van der Waals surface area contributed by atoms with Crippen molar-refractivity contribution in [2.45, 2.75) is 57.3 Å². The minimum Gasteiger partial charge on any atom is -0.317 e. The van der Waals surface area contributed by atoms with Crippen molar-refractivity contribution in [3.63, 3.8) is 0 Å². The van der Waals surface area contributed by atoms with Crippen molar-refractivity contribution in [2.24, 2.45) is 16.8 Å². The Morgan fingerprint density at radius 1 is 1.00 bits per heavy atom. The van der Waals surface area contributed by atoms with E-state index in [4.69, 9.17) is 0 Å². The zero-order valence-corrected chi connectivity index (χ0v) is 20.5. The van der Waals surface area contributed by atoms with Crippen LogP contribution in [0.1, 0.15) is 67.6 Å². The molecule has 2 nitrogen and oxygen atoms in total. The molecule has 7 rings (SSSR count). The minimum absolute atomic E-state index is 0.736. The van der Waals surface area contributed by atoms with Gasteiger partial charge in [-0.25, -0.2) is 0 Å². The van der Waals surface area contributed by atoms with Crippen LogP contribution >= 0.6 is 11.8 Å². The Bertz CT molecular complexity index is 1100. The Kier molecular flexibility index (Phi) is 6.44. The number of aliphatic imine (C=N–C) groups is 1. The Balaban J connectivity index is 0.000000368. The van der Waals surface area contributed by atoms with Gasteiger partial charge >= 0.3 is 0 Å². The zero-order valence-electron chi connectivity index (χ0n) is 19.7. The van der Waals surface area contributed by atoms with Crippen molar-refractivity contribution in [1.82, 2.24) is 5.32 Å². The van der Waals surface area contributed by atoms with E-state index in [1.807, 2.05) is 5.55 Å². The fourth-order valence-corrected chi connectivity index (χ4v) is 7.05. The second-order valence-electron chi connectivity index (χ2n) is 10.4. The van der Waals surface area contributed by atoms with Crippen LogP contribution in [0.15, 0.2) is 53.0 Å². The number of thioether (sulfide) groups is 1. The molecule has 0 bridgehead atoms. The SMILES string of the molecule is C1=CC2=C(CC1)C(C1CCC1)Cc1c2ccc2cc(C3CCNCC3)ccc12.C1=NCCS1. The number of hydrogen-bond donors (Lipinski definition) is 1. The van der Waals surface area contributed by atoms with Crippen molar-refractivity contribution in [3.05, 3.63) is 64.7 Å². The minimum atomic E-state index is 0.736. The fourth-order valence-electron chi connectivity index (χ4n) is 6.52. The molecule has 1 saturated heterocycles. The third kappa shape index (κ3) is 4.35. The third-order valence-electron chi connectivity index (χ3n) is 8.54. The molecule has 172 valence electrons. The van der Waals surface area contributed by atoms with Gasteiger partial charge in [0.25, 0.3) is 0 Å². The average Bonchev–Trinajstić information content (AvgIpc) is 3.44. The maximum absolute atomic E-state index is 3.92. The molecule has 0 radical (unpaired) electrons. The van der Waals surface area contributed by atoms with E-state index in [1.54, 1.807) is 34.0 Å². The maximum atomic E-state index is 3.92. The molecule has 1 atom stereocenters. The molecule has 2 aromatic carbocycles. The van der Waals surface area contributed by atoms with Crippen molar-refractivity contribution in [1.29, 1.82) is 0 Å². The molecule has 0 aromatic heterocycles. The van der Waals surface area contributed by atoms with Gasteiger partial charge in [-0.05, 0) is 109 Å². The van der Waals surface area contributed by atoms with Gasteiger partial charge in [0.2, 0.25) is 0 Å². The highest BCUT2D eigenvalue weighted by Gasteiger charge is 2.35. The summed E-state index contributed by atoms with van der Waals surface area (Å²) < 4.78 is 0. The zero-order chi connectivity index (χ0) is 22.0. The van der Waals surface area contributed by atoms with Gasteiger partial charge in [-0.1, -0.05) is 54.5 Å². The summed E-state index contributed by atoms with van der Waals surface area (Å²) in [5.41, 5.74) is 9.98. The van der Waals surface area contributed by atoms with Gasteiger partial charge in [-0.3, -0.25) is 4.99 Å². The van der Waals surface area contributed by atoms with E-state index in [2.05, 4.69) is 52.8 Å². The lowest BCUT2D eigenvalue weighted by Crippen LogP contribution is -2.29. The smallest absolute Gasteiger partial charge is 0.0542 e. The van der Waals surface area contributed by atoms with E-state index in [-0.39, 0.29) is 0 Å². The van der Waals surface area contributed by atoms with E-state index < -0.39 is 0 Å². The highest BCUT2D eigenvalue weighted by Crippen LogP contribution is 2.49. The molecule has 1 unspecified atom stereocenters. The molecular weight excluding hydrogens is 420 g/mol. The van der Waals surface area contributed by atoms with Gasteiger partial charge in [0, 0.05) is 12.3 Å². The lowest BCUT2D eigenvalue weighted by Gasteiger charge is -2.41. The van der Waals surface area contributed by atoms with Gasteiger partial charge in [0.15, 0.2) is 0 Å². The van der Waals surface area contributed by atoms with Gasteiger partial charge in [0.05, 0.1) is 5.55 Å². The molecule has 2 aliphatic heterocycles. The van der Waals surface area contributed by atoms with Crippen molar-refractivity contribution in [2.75, 3.05) is 25.4 Å². The highest BCUT2D eigenvalue weighted by molar-refractivity contribution is 8.12. The van der Waals surface area contributed by atoms with Crippen molar-refractivity contribution in [3.8, 4) is 0 Å². The Morgan fingerprint density at radius 3 is 2.64 bits per heavy atom. The molecule has 1 saturated carbocycles. The number of nitrogens with one attached hydrogen (secondary N) is 1. The first-order valence-electron chi connectivity index (χ1n) is 13.1. The predicted octanol–water partition coefficient (Wildman–Crippen LogP) is 7.14. The van der Waals surface area contributed by atoms with Gasteiger partial charge in [-0.15, -0.1) is 11.8 Å². The number of allylic oxidation sites excluding steroid dienone is 4. The summed E-state index contributed by atoms with van der Waals surface area (Å²) in [4.78, 5) is 3.92. The summed E-state index contributed by atoms with van der Waals surface area (Å²) in [5, 5.41) is 6.49. The van der Waals surface area contributed by atoms with Gasteiger partial charge < -0.3 is 5.32 Å². The van der Waals surface area contributed by atoms with Crippen LogP contribution in [0.25, 0.3) is 16.3 Å². The largest absolute Gasteiger partial charge is 0.317 e. The molecule has 3 aliphatic carbocycles. The fraction of sp³-hybridized carbons (Fsp3) is 0.500. The number of hydrogen-bond acceptors (Lipinski definition) is 3. The number of rotatable bonds is 2. The molecule has 1 N–H and O–H groups in total. The Morgan fingerprint density at radius 2 is 1.91 bits per heavy atom. The average molecular weight is 457 g/mol. The monoisotopic (exact) mass is 456 g/mol. The van der Waals surface area contributed by atoms with Crippen LogP contribution in [-0.2, 0) is 6.42 Å². The van der Waals surface area contributed by atoms with Crippen LogP contribution in [0.3, 0.4) is 0 Å². The van der Waals surface area contributed by atoms with Crippen LogP contribution in [-0.4, -0.2) is 30.9 Å². The molecule has 33 heavy (non-hydrogen) atoms. The first-order chi connectivity index (χ1) is 16.4. The summed E-state index contributed by atoms with van der Waals surface area (Å²) in [6, 6.07) is 12.2. The van der Waals surface area contributed by atoms with Crippen LogP contribution in [0.2, 0.25) is 0 Å². The summed E-state index contributed by atoms with van der Waals surface area (Å²) in [7, 11) is 0. The predicted molar refractivity (Wildman–Crippen MR) is 144 cm³/mol. The number of piperidine rings is 1. The molecule has 3 heteroatoms. The molecule has 2 heterocycles. The van der Waals surface area contributed by atoms with Crippen molar-refractivity contribution >= 4 is 33.7 Å². The lowest BCUT2D eigenvalue weighted by atomic mass is 9.64. The highest BCUT2D eigenvalue weighted by atomic mass is 32.2. The molecule has 0 amide bonds. The first-order valence-corrected chi connectivity index (χ1v) is 14.2. The topological polar surface area (TPSA) is 24.4 Å². The lowest BCUT2D eigenvalue weighted by molar-refractivity contribution is 0.227. The Hall–Kier alpha value is -1.84. The van der Waals surface area contributed by atoms with Crippen LogP contribution in [0, 0.1) is 11.8 Å². The second-order valence-corrected chi connectivity index (χ2v) is 11.3. The summed E-state index contributed by atoms with van der Waals surface area (Å²) in [5.74, 6) is 3.67. The molecule has 2 aromatic rings. The van der Waals surface area contributed by atoms with Gasteiger partial charge in [-0.2, -0.15) is 0 Å². The van der Waals surface area contributed by atoms with Crippen LogP contribution < -0.4 is 5.32 Å². The normalized spacial score (nSPS) is 24.8. The molecule has 0 spiro atoms. The van der Waals surface area contributed by atoms with Crippen molar-refractivity contribution < 1.29 is 0 Å². The molecule has 5 aliphatic rings.